The molecule has 0 radical (unpaired) electrons. The zero-order chi connectivity index (χ0) is 11.6. The van der Waals surface area contributed by atoms with Gasteiger partial charge in [-0.3, -0.25) is 4.79 Å². The summed E-state index contributed by atoms with van der Waals surface area (Å²) in [7, 11) is 0. The third kappa shape index (κ3) is 3.49. The molecule has 15 heavy (non-hydrogen) atoms. The number of carbonyl (C=O) groups excluding carboxylic acids is 1. The Morgan fingerprint density at radius 1 is 1.47 bits per heavy atom. The van der Waals surface area contributed by atoms with Crippen LogP contribution in [0.1, 0.15) is 40.5 Å². The number of nitrogens with two attached hydrogens (primary N) is 1. The average Bonchev–Trinajstić information content (AvgIpc) is 2.43. The Bertz CT molecular complexity index is 236. The molecule has 0 spiro atoms. The second-order valence-corrected chi connectivity index (χ2v) is 5.91. The number of hydrogen-bond donors (Lipinski definition) is 1. The molecular weight excluding hydrogens is 188 g/mol. The number of amides is 1. The van der Waals surface area contributed by atoms with Gasteiger partial charge in [-0.1, -0.05) is 27.7 Å². The average molecular weight is 212 g/mol. The van der Waals surface area contributed by atoms with Crippen molar-refractivity contribution in [1.29, 1.82) is 0 Å². The molecule has 1 saturated heterocycles. The van der Waals surface area contributed by atoms with Gasteiger partial charge in [0.1, 0.15) is 0 Å². The summed E-state index contributed by atoms with van der Waals surface area (Å²) in [6.07, 6.45) is 1.88. The Labute approximate surface area is 93.0 Å². The van der Waals surface area contributed by atoms with Crippen LogP contribution in [0.2, 0.25) is 0 Å². The van der Waals surface area contributed by atoms with Crippen LogP contribution in [0.25, 0.3) is 0 Å². The molecule has 0 aromatic rings. The van der Waals surface area contributed by atoms with Gasteiger partial charge in [0.15, 0.2) is 0 Å². The van der Waals surface area contributed by atoms with E-state index in [0.29, 0.717) is 5.92 Å². The van der Waals surface area contributed by atoms with E-state index >= 15 is 0 Å². The summed E-state index contributed by atoms with van der Waals surface area (Å²) in [6, 6.07) is -0.307. The van der Waals surface area contributed by atoms with Crippen molar-refractivity contribution < 1.29 is 4.79 Å². The lowest BCUT2D eigenvalue weighted by atomic mass is 9.93. The van der Waals surface area contributed by atoms with Crippen LogP contribution in [0.3, 0.4) is 0 Å². The van der Waals surface area contributed by atoms with Crippen molar-refractivity contribution in [3.8, 4) is 0 Å². The van der Waals surface area contributed by atoms with Crippen LogP contribution < -0.4 is 5.73 Å². The largest absolute Gasteiger partial charge is 0.341 e. The maximum absolute atomic E-state index is 12.0. The topological polar surface area (TPSA) is 46.3 Å². The van der Waals surface area contributed by atoms with Gasteiger partial charge in [-0.2, -0.15) is 0 Å². The highest BCUT2D eigenvalue weighted by Gasteiger charge is 2.33. The molecule has 3 heteroatoms. The fourth-order valence-corrected chi connectivity index (χ4v) is 2.14. The summed E-state index contributed by atoms with van der Waals surface area (Å²) in [5.74, 6) is 0.619. The highest BCUT2D eigenvalue weighted by Crippen LogP contribution is 2.29. The lowest BCUT2D eigenvalue weighted by molar-refractivity contribution is -0.132. The Morgan fingerprint density at radius 2 is 2.07 bits per heavy atom. The standard InChI is InChI=1S/C12H24N2O/c1-9(2)7-10(13)11(15)14-6-5-12(3,4)8-14/h9-10H,5-8,13H2,1-4H3/t10-/m0/s1. The molecule has 0 aromatic heterocycles. The molecule has 1 amide bonds. The maximum atomic E-state index is 12.0. The summed E-state index contributed by atoms with van der Waals surface area (Å²) in [5.41, 5.74) is 6.17. The van der Waals surface area contributed by atoms with Gasteiger partial charge in [-0.25, -0.2) is 0 Å². The van der Waals surface area contributed by atoms with E-state index in [0.717, 1.165) is 25.9 Å². The number of hydrogen-bond acceptors (Lipinski definition) is 2. The van der Waals surface area contributed by atoms with Gasteiger partial charge in [0.25, 0.3) is 0 Å². The minimum Gasteiger partial charge on any atom is -0.341 e. The molecular formula is C12H24N2O. The second kappa shape index (κ2) is 4.52. The SMILES string of the molecule is CC(C)C[C@H](N)C(=O)N1CCC(C)(C)C1. The van der Waals surface area contributed by atoms with Gasteiger partial charge in [0.2, 0.25) is 5.91 Å². The van der Waals surface area contributed by atoms with Gasteiger partial charge >= 0.3 is 0 Å². The van der Waals surface area contributed by atoms with Gasteiger partial charge in [-0.05, 0) is 24.2 Å². The normalized spacial score (nSPS) is 22.1. The van der Waals surface area contributed by atoms with Crippen molar-refractivity contribution >= 4 is 5.91 Å². The quantitative estimate of drug-likeness (QED) is 0.772. The minimum atomic E-state index is -0.307. The zero-order valence-corrected chi connectivity index (χ0v) is 10.4. The van der Waals surface area contributed by atoms with E-state index in [9.17, 15) is 4.79 Å². The van der Waals surface area contributed by atoms with Gasteiger partial charge in [0, 0.05) is 13.1 Å². The van der Waals surface area contributed by atoms with E-state index in [1.807, 2.05) is 4.90 Å². The van der Waals surface area contributed by atoms with Gasteiger partial charge < -0.3 is 10.6 Å². The molecule has 1 atom stereocenters. The molecule has 1 heterocycles. The van der Waals surface area contributed by atoms with E-state index < -0.39 is 0 Å². The van der Waals surface area contributed by atoms with Crippen LogP contribution in [0, 0.1) is 11.3 Å². The molecule has 0 unspecified atom stereocenters. The number of likely N-dealkylation sites (tertiary alicyclic amines) is 1. The minimum absolute atomic E-state index is 0.134. The van der Waals surface area contributed by atoms with Crippen molar-refractivity contribution in [2.75, 3.05) is 13.1 Å². The van der Waals surface area contributed by atoms with Crippen molar-refractivity contribution in [2.24, 2.45) is 17.1 Å². The van der Waals surface area contributed by atoms with E-state index in [1.54, 1.807) is 0 Å². The van der Waals surface area contributed by atoms with Crippen molar-refractivity contribution in [2.45, 2.75) is 46.6 Å². The second-order valence-electron chi connectivity index (χ2n) is 5.91. The Balaban J connectivity index is 2.48. The third-order valence-corrected chi connectivity index (χ3v) is 3.03. The molecule has 0 bridgehead atoms. The first-order valence-electron chi connectivity index (χ1n) is 5.86. The lowest BCUT2D eigenvalue weighted by Gasteiger charge is -2.23. The smallest absolute Gasteiger partial charge is 0.239 e. The molecule has 1 fully saturated rings. The molecule has 1 rings (SSSR count). The first-order valence-corrected chi connectivity index (χ1v) is 5.86. The first-order chi connectivity index (χ1) is 6.82. The van der Waals surface area contributed by atoms with E-state index in [4.69, 9.17) is 5.73 Å². The fraction of sp³-hybridized carbons (Fsp3) is 0.917. The lowest BCUT2D eigenvalue weighted by Crippen LogP contribution is -2.43. The van der Waals surface area contributed by atoms with Gasteiger partial charge in [0.05, 0.1) is 6.04 Å². The molecule has 1 aliphatic rings. The summed E-state index contributed by atoms with van der Waals surface area (Å²) in [5, 5.41) is 0. The van der Waals surface area contributed by atoms with Crippen LogP contribution in [0.15, 0.2) is 0 Å². The number of rotatable bonds is 3. The molecule has 0 aromatic carbocycles. The summed E-state index contributed by atoms with van der Waals surface area (Å²) in [4.78, 5) is 13.9. The van der Waals surface area contributed by atoms with E-state index in [2.05, 4.69) is 27.7 Å². The Morgan fingerprint density at radius 3 is 2.47 bits per heavy atom. The molecule has 0 saturated carbocycles. The molecule has 2 N–H and O–H groups in total. The maximum Gasteiger partial charge on any atom is 0.239 e. The van der Waals surface area contributed by atoms with Crippen LogP contribution in [-0.4, -0.2) is 29.9 Å². The van der Waals surface area contributed by atoms with E-state index in [-0.39, 0.29) is 17.4 Å². The number of nitrogens with zero attached hydrogens (tertiary/aromatic N) is 1. The highest BCUT2D eigenvalue weighted by atomic mass is 16.2. The van der Waals surface area contributed by atoms with Crippen molar-refractivity contribution in [3.05, 3.63) is 0 Å². The molecule has 1 aliphatic heterocycles. The molecule has 88 valence electrons. The Kier molecular flexibility index (Phi) is 3.77. The molecule has 0 aliphatic carbocycles. The summed E-state index contributed by atoms with van der Waals surface area (Å²) < 4.78 is 0. The fourth-order valence-electron chi connectivity index (χ4n) is 2.14. The third-order valence-electron chi connectivity index (χ3n) is 3.03. The van der Waals surface area contributed by atoms with Gasteiger partial charge in [-0.15, -0.1) is 0 Å². The predicted octanol–water partition coefficient (Wildman–Crippen LogP) is 1.62. The van der Waals surface area contributed by atoms with Crippen molar-refractivity contribution in [1.82, 2.24) is 4.90 Å². The van der Waals surface area contributed by atoms with Crippen molar-refractivity contribution in [3.63, 3.8) is 0 Å². The van der Waals surface area contributed by atoms with Crippen LogP contribution >= 0.6 is 0 Å². The summed E-state index contributed by atoms with van der Waals surface area (Å²) >= 11 is 0. The molecule has 3 nitrogen and oxygen atoms in total. The number of carbonyl (C=O) groups is 1. The first kappa shape index (κ1) is 12.5. The van der Waals surface area contributed by atoms with Crippen LogP contribution in [-0.2, 0) is 4.79 Å². The monoisotopic (exact) mass is 212 g/mol. The van der Waals surface area contributed by atoms with Crippen LogP contribution in [0.4, 0.5) is 0 Å². The zero-order valence-electron chi connectivity index (χ0n) is 10.4. The summed E-state index contributed by atoms with van der Waals surface area (Å²) in [6.45, 7) is 10.3. The van der Waals surface area contributed by atoms with Crippen LogP contribution in [0.5, 0.6) is 0 Å². The predicted molar refractivity (Wildman–Crippen MR) is 62.4 cm³/mol. The highest BCUT2D eigenvalue weighted by molar-refractivity contribution is 5.81. The van der Waals surface area contributed by atoms with E-state index in [1.165, 1.54) is 0 Å². The Hall–Kier alpha value is -0.570.